The van der Waals surface area contributed by atoms with Crippen molar-refractivity contribution in [3.63, 3.8) is 0 Å². The first-order valence-electron chi connectivity index (χ1n) is 13.7. The summed E-state index contributed by atoms with van der Waals surface area (Å²) >= 11 is 0. The van der Waals surface area contributed by atoms with Crippen LogP contribution in [0.4, 0.5) is 5.69 Å². The summed E-state index contributed by atoms with van der Waals surface area (Å²) in [7, 11) is 0. The minimum absolute atomic E-state index is 0.0465. The summed E-state index contributed by atoms with van der Waals surface area (Å²) < 4.78 is 0. The average molecular weight is 553 g/mol. The number of Topliss-reactive ketones (excluding diaryl/α,β-unsaturated/α-hetero) is 1. The van der Waals surface area contributed by atoms with Crippen molar-refractivity contribution < 1.29 is 29.1 Å². The number of carbonyl (C=O) groups excluding carboxylic acids is 4. The first-order chi connectivity index (χ1) is 19.1. The maximum Gasteiger partial charge on any atom is 0.305 e. The zero-order valence-corrected chi connectivity index (χ0v) is 23.0. The van der Waals surface area contributed by atoms with Crippen molar-refractivity contribution >= 4 is 35.2 Å². The van der Waals surface area contributed by atoms with Crippen LogP contribution in [0, 0.1) is 11.8 Å². The molecule has 0 spiro atoms. The first kappa shape index (κ1) is 28.9. The normalized spacial score (nSPS) is 20.2. The Bertz CT molecular complexity index is 1280. The third kappa shape index (κ3) is 6.37. The van der Waals surface area contributed by atoms with Crippen molar-refractivity contribution in [2.24, 2.45) is 11.8 Å². The monoisotopic (exact) mass is 552 g/mol. The highest BCUT2D eigenvalue weighted by Gasteiger charge is 2.45. The molecule has 4 rings (SSSR count). The molecule has 12 nitrogen and oxygen atoms in total. The average Bonchev–Trinajstić information content (AvgIpc) is 3.53. The molecule has 4 N–H and O–H groups in total. The number of carboxylic acids is 1. The minimum Gasteiger partial charge on any atom is -0.481 e. The highest BCUT2D eigenvalue weighted by atomic mass is 16.4. The van der Waals surface area contributed by atoms with Crippen molar-refractivity contribution in [2.75, 3.05) is 4.90 Å². The van der Waals surface area contributed by atoms with Crippen molar-refractivity contribution in [1.82, 2.24) is 26.0 Å². The van der Waals surface area contributed by atoms with Crippen molar-refractivity contribution in [2.45, 2.75) is 83.8 Å². The summed E-state index contributed by atoms with van der Waals surface area (Å²) in [6, 6.07) is 3.14. The van der Waals surface area contributed by atoms with E-state index in [0.29, 0.717) is 30.6 Å². The standard InChI is InChI=1S/C28H36N6O6/c1-4-15(2)21(10-16(3)35)26(38)31-22-9-8-17-6-5-7-18-11-23(34(25(17)18)28(22)40)27(39)30-19(13-24(36)37)12-20-14-29-33-32-20/h5-7,14-15,19,21-23H,4,8-13H2,1-3H3,(H,30,39)(H,31,38)(H,36,37)(H,29,32,33)/t15-,19+,21-,22?,23-/m0/s1. The number of benzene rings is 1. The third-order valence-electron chi connectivity index (χ3n) is 7.89. The predicted molar refractivity (Wildman–Crippen MR) is 144 cm³/mol. The number of anilines is 1. The highest BCUT2D eigenvalue weighted by Crippen LogP contribution is 2.39. The molecule has 1 aromatic heterocycles. The Labute approximate surface area is 232 Å². The summed E-state index contributed by atoms with van der Waals surface area (Å²) in [6.45, 7) is 5.32. The Kier molecular flexibility index (Phi) is 8.96. The number of aryl methyl sites for hydroxylation is 1. The number of hydrogen-bond acceptors (Lipinski definition) is 7. The van der Waals surface area contributed by atoms with Crippen LogP contribution in [0.2, 0.25) is 0 Å². The van der Waals surface area contributed by atoms with Gasteiger partial charge < -0.3 is 20.5 Å². The van der Waals surface area contributed by atoms with Gasteiger partial charge in [0.2, 0.25) is 17.7 Å². The van der Waals surface area contributed by atoms with Gasteiger partial charge in [-0.3, -0.25) is 24.1 Å². The van der Waals surface area contributed by atoms with Crippen molar-refractivity contribution in [1.29, 1.82) is 0 Å². The molecule has 0 radical (unpaired) electrons. The molecular weight excluding hydrogens is 516 g/mol. The van der Waals surface area contributed by atoms with Crippen LogP contribution < -0.4 is 15.5 Å². The molecule has 1 unspecified atom stereocenters. The molecule has 3 heterocycles. The number of ketones is 1. The number of H-pyrrole nitrogens is 1. The molecule has 0 bridgehead atoms. The molecule has 0 saturated heterocycles. The van der Waals surface area contributed by atoms with E-state index in [0.717, 1.165) is 11.1 Å². The number of para-hydroxylation sites is 1. The second-order valence-corrected chi connectivity index (χ2v) is 10.8. The van der Waals surface area contributed by atoms with E-state index in [4.69, 9.17) is 0 Å². The van der Waals surface area contributed by atoms with Gasteiger partial charge in [-0.05, 0) is 36.8 Å². The van der Waals surface area contributed by atoms with E-state index >= 15 is 0 Å². The number of nitrogens with zero attached hydrogens (tertiary/aromatic N) is 3. The zero-order valence-electron chi connectivity index (χ0n) is 23.0. The molecule has 2 aromatic rings. The fourth-order valence-corrected chi connectivity index (χ4v) is 5.66. The van der Waals surface area contributed by atoms with Gasteiger partial charge in [-0.1, -0.05) is 38.5 Å². The quantitative estimate of drug-likeness (QED) is 0.305. The maximum absolute atomic E-state index is 14.0. The number of nitrogens with one attached hydrogen (secondary N) is 3. The van der Waals surface area contributed by atoms with Crippen LogP contribution in [-0.4, -0.2) is 68.1 Å². The van der Waals surface area contributed by atoms with E-state index in [2.05, 4.69) is 26.0 Å². The Morgan fingerprint density at radius 2 is 1.95 bits per heavy atom. The Balaban J connectivity index is 1.58. The van der Waals surface area contributed by atoms with Gasteiger partial charge in [0.15, 0.2) is 0 Å². The largest absolute Gasteiger partial charge is 0.481 e. The molecular formula is C28H36N6O6. The van der Waals surface area contributed by atoms with Gasteiger partial charge in [-0.15, -0.1) is 0 Å². The van der Waals surface area contributed by atoms with Gasteiger partial charge in [-0.25, -0.2) is 0 Å². The van der Waals surface area contributed by atoms with E-state index < -0.39 is 41.8 Å². The van der Waals surface area contributed by atoms with E-state index in [9.17, 15) is 29.1 Å². The summed E-state index contributed by atoms with van der Waals surface area (Å²) in [5.74, 6) is -3.00. The van der Waals surface area contributed by atoms with Gasteiger partial charge in [0.1, 0.15) is 17.9 Å². The molecule has 0 fully saturated rings. The molecule has 3 amide bonds. The Morgan fingerprint density at radius 3 is 2.60 bits per heavy atom. The Hall–Kier alpha value is -4.09. The zero-order chi connectivity index (χ0) is 29.0. The van der Waals surface area contributed by atoms with E-state index in [1.807, 2.05) is 32.0 Å². The number of carbonyl (C=O) groups is 5. The summed E-state index contributed by atoms with van der Waals surface area (Å²) in [6.07, 6.45) is 3.24. The van der Waals surface area contributed by atoms with Crippen LogP contribution in [0.25, 0.3) is 0 Å². The Morgan fingerprint density at radius 1 is 1.20 bits per heavy atom. The highest BCUT2D eigenvalue weighted by molar-refractivity contribution is 6.08. The van der Waals surface area contributed by atoms with Gasteiger partial charge >= 0.3 is 5.97 Å². The fourth-order valence-electron chi connectivity index (χ4n) is 5.66. The third-order valence-corrected chi connectivity index (χ3v) is 7.89. The van der Waals surface area contributed by atoms with Crippen LogP contribution in [0.3, 0.4) is 0 Å². The number of amides is 3. The number of aromatic amines is 1. The lowest BCUT2D eigenvalue weighted by molar-refractivity contribution is -0.138. The number of aromatic nitrogens is 3. The molecule has 5 atom stereocenters. The first-order valence-corrected chi connectivity index (χ1v) is 13.7. The van der Waals surface area contributed by atoms with Gasteiger partial charge in [0.25, 0.3) is 0 Å². The molecule has 2 aliphatic heterocycles. The second kappa shape index (κ2) is 12.4. The van der Waals surface area contributed by atoms with Crippen molar-refractivity contribution in [3.8, 4) is 0 Å². The van der Waals surface area contributed by atoms with E-state index in [1.165, 1.54) is 18.0 Å². The maximum atomic E-state index is 14.0. The molecule has 12 heteroatoms. The number of aliphatic carboxylic acids is 1. The minimum atomic E-state index is -1.08. The lowest BCUT2D eigenvalue weighted by Crippen LogP contribution is -2.56. The fraction of sp³-hybridized carbons (Fsp3) is 0.536. The summed E-state index contributed by atoms with van der Waals surface area (Å²) in [5.41, 5.74) is 2.93. The lowest BCUT2D eigenvalue weighted by atomic mass is 9.86. The molecule has 2 aliphatic rings. The SMILES string of the molecule is CC[C@H](C)[C@H](CC(C)=O)C(=O)NC1CCc2cccc3c2N(C1=O)[C@H](C(=O)N[C@@H](CC(=O)O)Cc1cn[nH]n1)C3. The molecule has 0 saturated carbocycles. The van der Waals surface area contributed by atoms with Crippen LogP contribution in [-0.2, 0) is 43.2 Å². The molecule has 1 aromatic carbocycles. The molecule has 40 heavy (non-hydrogen) atoms. The van der Waals surface area contributed by atoms with Crippen LogP contribution in [0.15, 0.2) is 24.4 Å². The molecule has 214 valence electrons. The van der Waals surface area contributed by atoms with Gasteiger partial charge in [-0.2, -0.15) is 15.4 Å². The second-order valence-electron chi connectivity index (χ2n) is 10.8. The van der Waals surface area contributed by atoms with Crippen LogP contribution >= 0.6 is 0 Å². The molecule has 0 aliphatic carbocycles. The lowest BCUT2D eigenvalue weighted by Gasteiger charge is -2.30. The summed E-state index contributed by atoms with van der Waals surface area (Å²) in [4.78, 5) is 65.8. The number of hydrogen-bond donors (Lipinski definition) is 4. The van der Waals surface area contributed by atoms with Crippen LogP contribution in [0.5, 0.6) is 0 Å². The van der Waals surface area contributed by atoms with Crippen LogP contribution in [0.1, 0.15) is 63.3 Å². The predicted octanol–water partition coefficient (Wildman–Crippen LogP) is 1.34. The van der Waals surface area contributed by atoms with Gasteiger partial charge in [0.05, 0.1) is 24.0 Å². The number of carboxylic acid groups (broad SMARTS) is 1. The number of rotatable bonds is 12. The summed E-state index contributed by atoms with van der Waals surface area (Å²) in [5, 5.41) is 25.3. The van der Waals surface area contributed by atoms with E-state index in [1.54, 1.807) is 0 Å². The van der Waals surface area contributed by atoms with E-state index in [-0.39, 0.29) is 43.3 Å². The van der Waals surface area contributed by atoms with Crippen molar-refractivity contribution in [3.05, 3.63) is 41.2 Å². The smallest absolute Gasteiger partial charge is 0.305 e. The van der Waals surface area contributed by atoms with Gasteiger partial charge in [0, 0.05) is 31.2 Å². The topological polar surface area (TPSA) is 174 Å².